The van der Waals surface area contributed by atoms with E-state index in [2.05, 4.69) is 34.6 Å². The molecular formula is C17H21N3O2S. The van der Waals surface area contributed by atoms with Crippen LogP contribution in [-0.4, -0.2) is 36.6 Å². The van der Waals surface area contributed by atoms with Crippen LogP contribution in [0.1, 0.15) is 24.1 Å². The number of carbonyl (C=O) groups excluding carboxylic acids is 1. The molecule has 0 radical (unpaired) electrons. The molecule has 0 spiro atoms. The first-order valence-corrected chi connectivity index (χ1v) is 8.52. The molecule has 0 unspecified atom stereocenters. The second-order valence-electron chi connectivity index (χ2n) is 6.01. The van der Waals surface area contributed by atoms with Gasteiger partial charge in [-0.1, -0.05) is 30.3 Å². The fourth-order valence-electron chi connectivity index (χ4n) is 2.77. The van der Waals surface area contributed by atoms with Crippen LogP contribution in [0, 0.1) is 0 Å². The van der Waals surface area contributed by atoms with Gasteiger partial charge in [0.2, 0.25) is 0 Å². The van der Waals surface area contributed by atoms with E-state index in [1.807, 2.05) is 18.5 Å². The first-order chi connectivity index (χ1) is 11.1. The Hall–Kier alpha value is -1.92. The number of nitrogens with one attached hydrogen (secondary N) is 1. The average Bonchev–Trinajstić information content (AvgIpc) is 3.21. The summed E-state index contributed by atoms with van der Waals surface area (Å²) >= 11 is 1.42. The van der Waals surface area contributed by atoms with Gasteiger partial charge in [-0.15, -0.1) is 11.3 Å². The van der Waals surface area contributed by atoms with Gasteiger partial charge in [-0.3, -0.25) is 5.32 Å². The Bertz CT molecular complexity index is 667. The third-order valence-corrected chi connectivity index (χ3v) is 4.99. The maximum absolute atomic E-state index is 12.4. The molecule has 1 aromatic heterocycles. The molecule has 0 aliphatic heterocycles. The van der Waals surface area contributed by atoms with Crippen LogP contribution in [0.2, 0.25) is 0 Å². The van der Waals surface area contributed by atoms with Crippen molar-refractivity contribution in [3.8, 4) is 0 Å². The topological polar surface area (TPSA) is 54.5 Å². The van der Waals surface area contributed by atoms with E-state index in [9.17, 15) is 4.79 Å². The van der Waals surface area contributed by atoms with Crippen LogP contribution in [0.4, 0.5) is 9.93 Å². The molecule has 6 heteroatoms. The smallest absolute Gasteiger partial charge is 0.323 e. The van der Waals surface area contributed by atoms with Crippen LogP contribution < -0.4 is 5.32 Å². The first kappa shape index (κ1) is 16.0. The molecule has 1 saturated carbocycles. The van der Waals surface area contributed by atoms with Crippen molar-refractivity contribution >= 4 is 22.5 Å². The number of amides is 2. The largest absolute Gasteiger partial charge is 0.378 e. The molecule has 0 saturated heterocycles. The zero-order valence-electron chi connectivity index (χ0n) is 13.4. The van der Waals surface area contributed by atoms with Crippen molar-refractivity contribution in [2.24, 2.45) is 0 Å². The minimum absolute atomic E-state index is 0.120. The summed E-state index contributed by atoms with van der Waals surface area (Å²) < 4.78 is 5.04. The number of thiazole rings is 1. The summed E-state index contributed by atoms with van der Waals surface area (Å²) in [5, 5.41) is 5.37. The Morgan fingerprint density at radius 1 is 1.39 bits per heavy atom. The van der Waals surface area contributed by atoms with Gasteiger partial charge in [-0.25, -0.2) is 9.78 Å². The van der Waals surface area contributed by atoms with Crippen molar-refractivity contribution in [2.45, 2.75) is 24.9 Å². The van der Waals surface area contributed by atoms with Gasteiger partial charge in [0.05, 0.1) is 12.3 Å². The SMILES string of the molecule is COCc1csc(NC(=O)N(C)CC2(c3ccccc3)CC2)n1. The highest BCUT2D eigenvalue weighted by molar-refractivity contribution is 7.13. The molecule has 1 aliphatic carbocycles. The van der Waals surface area contributed by atoms with Crippen LogP contribution in [0.25, 0.3) is 0 Å². The summed E-state index contributed by atoms with van der Waals surface area (Å²) in [5.41, 5.74) is 2.27. The van der Waals surface area contributed by atoms with Crippen molar-refractivity contribution in [3.63, 3.8) is 0 Å². The summed E-state index contributed by atoms with van der Waals surface area (Å²) in [6, 6.07) is 10.3. The van der Waals surface area contributed by atoms with Gasteiger partial charge in [-0.05, 0) is 18.4 Å². The number of rotatable bonds is 6. The second-order valence-corrected chi connectivity index (χ2v) is 6.87. The van der Waals surface area contributed by atoms with Crippen molar-refractivity contribution in [2.75, 3.05) is 26.0 Å². The van der Waals surface area contributed by atoms with Gasteiger partial charge in [0.25, 0.3) is 0 Å². The molecule has 2 amide bonds. The molecule has 3 rings (SSSR count). The molecule has 0 bridgehead atoms. The zero-order valence-corrected chi connectivity index (χ0v) is 14.2. The highest BCUT2D eigenvalue weighted by atomic mass is 32.1. The van der Waals surface area contributed by atoms with E-state index in [4.69, 9.17) is 4.74 Å². The van der Waals surface area contributed by atoms with Crippen molar-refractivity contribution in [1.29, 1.82) is 0 Å². The predicted molar refractivity (Wildman–Crippen MR) is 91.8 cm³/mol. The number of urea groups is 1. The van der Waals surface area contributed by atoms with Gasteiger partial charge in [0.1, 0.15) is 0 Å². The minimum atomic E-state index is -0.120. The van der Waals surface area contributed by atoms with Gasteiger partial charge in [0.15, 0.2) is 5.13 Å². The van der Waals surface area contributed by atoms with Gasteiger partial charge >= 0.3 is 6.03 Å². The molecule has 0 atom stereocenters. The molecule has 1 aromatic carbocycles. The molecule has 1 fully saturated rings. The lowest BCUT2D eigenvalue weighted by atomic mass is 9.95. The van der Waals surface area contributed by atoms with Gasteiger partial charge < -0.3 is 9.64 Å². The Balaban J connectivity index is 1.59. The number of nitrogens with zero attached hydrogens (tertiary/aromatic N) is 2. The third kappa shape index (κ3) is 3.71. The number of benzene rings is 1. The summed E-state index contributed by atoms with van der Waals surface area (Å²) in [4.78, 5) is 18.4. The van der Waals surface area contributed by atoms with Crippen LogP contribution in [0.3, 0.4) is 0 Å². The number of hydrogen-bond donors (Lipinski definition) is 1. The predicted octanol–water partition coefficient (Wildman–Crippen LogP) is 3.49. The Labute approximate surface area is 140 Å². The molecule has 122 valence electrons. The number of ether oxygens (including phenoxy) is 1. The van der Waals surface area contributed by atoms with E-state index in [1.165, 1.54) is 16.9 Å². The molecule has 23 heavy (non-hydrogen) atoms. The number of methoxy groups -OCH3 is 1. The van der Waals surface area contributed by atoms with Crippen LogP contribution >= 0.6 is 11.3 Å². The molecule has 5 nitrogen and oxygen atoms in total. The van der Waals surface area contributed by atoms with Crippen molar-refractivity contribution in [1.82, 2.24) is 9.88 Å². The molecule has 1 heterocycles. The maximum atomic E-state index is 12.4. The van der Waals surface area contributed by atoms with Crippen LogP contribution in [0.5, 0.6) is 0 Å². The normalized spacial score (nSPS) is 15.2. The van der Waals surface area contributed by atoms with Crippen LogP contribution in [0.15, 0.2) is 35.7 Å². The van der Waals surface area contributed by atoms with Crippen molar-refractivity contribution in [3.05, 3.63) is 47.0 Å². The van der Waals surface area contributed by atoms with Crippen LogP contribution in [-0.2, 0) is 16.8 Å². The number of carbonyl (C=O) groups is 1. The summed E-state index contributed by atoms with van der Waals surface area (Å²) in [6.45, 7) is 1.18. The van der Waals surface area contributed by atoms with Gasteiger partial charge in [0, 0.05) is 31.5 Å². The minimum Gasteiger partial charge on any atom is -0.378 e. The lowest BCUT2D eigenvalue weighted by Crippen LogP contribution is -2.37. The zero-order chi connectivity index (χ0) is 16.3. The molecular weight excluding hydrogens is 310 g/mol. The standard InChI is InChI=1S/C17H21N3O2S/c1-20(12-17(8-9-17)13-6-4-3-5-7-13)16(21)19-15-18-14(10-22-2)11-23-15/h3-7,11H,8-10,12H2,1-2H3,(H,18,19,21). The highest BCUT2D eigenvalue weighted by Crippen LogP contribution is 2.48. The lowest BCUT2D eigenvalue weighted by Gasteiger charge is -2.24. The lowest BCUT2D eigenvalue weighted by molar-refractivity contribution is 0.182. The number of aromatic nitrogens is 1. The maximum Gasteiger partial charge on any atom is 0.323 e. The Kier molecular flexibility index (Phi) is 4.63. The summed E-state index contributed by atoms with van der Waals surface area (Å²) in [5.74, 6) is 0. The Morgan fingerprint density at radius 2 is 2.13 bits per heavy atom. The van der Waals surface area contributed by atoms with Gasteiger partial charge in [-0.2, -0.15) is 0 Å². The quantitative estimate of drug-likeness (QED) is 0.881. The van der Waals surface area contributed by atoms with E-state index in [-0.39, 0.29) is 11.4 Å². The fourth-order valence-corrected chi connectivity index (χ4v) is 3.46. The van der Waals surface area contributed by atoms with Crippen molar-refractivity contribution < 1.29 is 9.53 Å². The highest BCUT2D eigenvalue weighted by Gasteiger charge is 2.45. The number of likely N-dealkylation sites (N-methyl/N-ethyl adjacent to an activating group) is 1. The van der Waals surface area contributed by atoms with E-state index in [0.717, 1.165) is 25.1 Å². The molecule has 2 aromatic rings. The summed E-state index contributed by atoms with van der Waals surface area (Å²) in [6.07, 6.45) is 2.26. The first-order valence-electron chi connectivity index (χ1n) is 7.64. The Morgan fingerprint density at radius 3 is 2.78 bits per heavy atom. The molecule has 1 aliphatic rings. The van der Waals surface area contributed by atoms with E-state index >= 15 is 0 Å². The second kappa shape index (κ2) is 6.68. The molecule has 1 N–H and O–H groups in total. The van der Waals surface area contributed by atoms with E-state index < -0.39 is 0 Å². The average molecular weight is 331 g/mol. The monoisotopic (exact) mass is 331 g/mol. The van der Waals surface area contributed by atoms with E-state index in [0.29, 0.717) is 11.7 Å². The fraction of sp³-hybridized carbons (Fsp3) is 0.412. The summed E-state index contributed by atoms with van der Waals surface area (Å²) in [7, 11) is 3.46. The number of hydrogen-bond acceptors (Lipinski definition) is 4. The third-order valence-electron chi connectivity index (χ3n) is 4.18. The number of anilines is 1. The van der Waals surface area contributed by atoms with E-state index in [1.54, 1.807) is 12.0 Å².